The third kappa shape index (κ3) is 7.56. The lowest BCUT2D eigenvalue weighted by atomic mass is 9.91. The van der Waals surface area contributed by atoms with Crippen LogP contribution in [0.2, 0.25) is 0 Å². The first-order valence-electron chi connectivity index (χ1n) is 8.30. The first-order chi connectivity index (χ1) is 10.9. The summed E-state index contributed by atoms with van der Waals surface area (Å²) in [6.07, 6.45) is 0.378. The number of carbonyl (C=O) groups excluding carboxylic acids is 1. The van der Waals surface area contributed by atoms with Crippen molar-refractivity contribution < 1.29 is 14.3 Å². The molecule has 0 saturated heterocycles. The van der Waals surface area contributed by atoms with Gasteiger partial charge in [0.05, 0.1) is 5.54 Å². The highest BCUT2D eigenvalue weighted by Gasteiger charge is 2.31. The first-order valence-corrected chi connectivity index (χ1v) is 9.10. The number of aryl methyl sites for hydroxylation is 1. The molecule has 0 aliphatic heterocycles. The summed E-state index contributed by atoms with van der Waals surface area (Å²) in [6, 6.07) is 5.89. The Bertz CT molecular complexity index is 566. The van der Waals surface area contributed by atoms with Crippen LogP contribution in [-0.2, 0) is 4.74 Å². The molecule has 1 aromatic carbocycles. The molecule has 0 spiro atoms. The Morgan fingerprint density at radius 1 is 1.25 bits per heavy atom. The Balaban J connectivity index is 2.81. The van der Waals surface area contributed by atoms with Crippen LogP contribution in [-0.4, -0.2) is 23.8 Å². The SMILES string of the molecule is Cc1cc(Br)ccc1OC[C@](C)(CC(C)C)NC(=O)OC(C)(C)C. The van der Waals surface area contributed by atoms with E-state index in [1.165, 1.54) is 0 Å². The third-order valence-corrected chi connectivity index (χ3v) is 3.84. The van der Waals surface area contributed by atoms with E-state index < -0.39 is 17.2 Å². The van der Waals surface area contributed by atoms with Gasteiger partial charge >= 0.3 is 6.09 Å². The number of ether oxygens (including phenoxy) is 2. The van der Waals surface area contributed by atoms with Gasteiger partial charge in [0.1, 0.15) is 18.0 Å². The second kappa shape index (κ2) is 8.24. The standard InChI is InChI=1S/C19H30BrNO3/c1-13(2)11-19(7,21-17(22)24-18(4,5)6)12-23-16-9-8-15(20)10-14(16)3/h8-10,13H,11-12H2,1-7H3,(H,21,22)/t19-/m0/s1. The van der Waals surface area contributed by atoms with Crippen LogP contribution in [0, 0.1) is 12.8 Å². The van der Waals surface area contributed by atoms with Gasteiger partial charge in [0.2, 0.25) is 0 Å². The molecule has 1 N–H and O–H groups in total. The van der Waals surface area contributed by atoms with Crippen LogP contribution in [0.1, 0.15) is 53.5 Å². The average Bonchev–Trinajstić information content (AvgIpc) is 2.33. The summed E-state index contributed by atoms with van der Waals surface area (Å²) in [5, 5.41) is 2.99. The molecule has 1 atom stereocenters. The number of rotatable bonds is 6. The van der Waals surface area contributed by atoms with E-state index in [1.807, 2.05) is 52.8 Å². The molecule has 0 aliphatic carbocycles. The van der Waals surface area contributed by atoms with Crippen LogP contribution in [0.4, 0.5) is 4.79 Å². The van der Waals surface area contributed by atoms with Crippen LogP contribution >= 0.6 is 15.9 Å². The molecule has 0 bridgehead atoms. The predicted octanol–water partition coefficient (Wildman–Crippen LogP) is 5.47. The summed E-state index contributed by atoms with van der Waals surface area (Å²) in [7, 11) is 0. The van der Waals surface area contributed by atoms with E-state index in [0.29, 0.717) is 12.5 Å². The van der Waals surface area contributed by atoms with Crippen molar-refractivity contribution >= 4 is 22.0 Å². The number of amides is 1. The van der Waals surface area contributed by atoms with Crippen LogP contribution in [0.3, 0.4) is 0 Å². The van der Waals surface area contributed by atoms with Crippen molar-refractivity contribution in [3.63, 3.8) is 0 Å². The van der Waals surface area contributed by atoms with Crippen LogP contribution < -0.4 is 10.1 Å². The summed E-state index contributed by atoms with van der Waals surface area (Å²) < 4.78 is 12.4. The van der Waals surface area contributed by atoms with Gasteiger partial charge in [-0.2, -0.15) is 0 Å². The fraction of sp³-hybridized carbons (Fsp3) is 0.632. The molecule has 0 radical (unpaired) electrons. The van der Waals surface area contributed by atoms with Gasteiger partial charge < -0.3 is 14.8 Å². The quantitative estimate of drug-likeness (QED) is 0.689. The Kier molecular flexibility index (Phi) is 7.14. The fourth-order valence-electron chi connectivity index (χ4n) is 2.61. The van der Waals surface area contributed by atoms with Crippen LogP contribution in [0.25, 0.3) is 0 Å². The van der Waals surface area contributed by atoms with Gasteiger partial charge in [-0.3, -0.25) is 0 Å². The van der Waals surface area contributed by atoms with Crippen molar-refractivity contribution in [2.75, 3.05) is 6.61 Å². The van der Waals surface area contributed by atoms with E-state index in [2.05, 4.69) is 35.1 Å². The summed E-state index contributed by atoms with van der Waals surface area (Å²) in [4.78, 5) is 12.2. The fourth-order valence-corrected chi connectivity index (χ4v) is 3.08. The van der Waals surface area contributed by atoms with E-state index >= 15 is 0 Å². The highest BCUT2D eigenvalue weighted by atomic mass is 79.9. The predicted molar refractivity (Wildman–Crippen MR) is 102 cm³/mol. The van der Waals surface area contributed by atoms with E-state index in [0.717, 1.165) is 22.2 Å². The first kappa shape index (κ1) is 20.8. The topological polar surface area (TPSA) is 47.6 Å². The second-order valence-corrected chi connectivity index (χ2v) is 8.90. The molecular formula is C19H30BrNO3. The zero-order chi connectivity index (χ0) is 18.5. The molecule has 0 heterocycles. The minimum absolute atomic E-state index is 0.382. The van der Waals surface area contributed by atoms with Gasteiger partial charge in [-0.15, -0.1) is 0 Å². The van der Waals surface area contributed by atoms with Crippen molar-refractivity contribution in [3.8, 4) is 5.75 Å². The van der Waals surface area contributed by atoms with Crippen molar-refractivity contribution in [1.29, 1.82) is 0 Å². The van der Waals surface area contributed by atoms with Crippen molar-refractivity contribution in [3.05, 3.63) is 28.2 Å². The van der Waals surface area contributed by atoms with Gasteiger partial charge in [-0.05, 0) is 70.7 Å². The number of hydrogen-bond donors (Lipinski definition) is 1. The molecule has 136 valence electrons. The van der Waals surface area contributed by atoms with Crippen LogP contribution in [0.15, 0.2) is 22.7 Å². The summed E-state index contributed by atoms with van der Waals surface area (Å²) in [5.41, 5.74) is 0.0238. The Labute approximate surface area is 154 Å². The molecular weight excluding hydrogens is 370 g/mol. The van der Waals surface area contributed by atoms with Crippen molar-refractivity contribution in [2.24, 2.45) is 5.92 Å². The largest absolute Gasteiger partial charge is 0.491 e. The van der Waals surface area contributed by atoms with Crippen molar-refractivity contribution in [1.82, 2.24) is 5.32 Å². The Morgan fingerprint density at radius 3 is 2.38 bits per heavy atom. The van der Waals surface area contributed by atoms with Gasteiger partial charge in [0.15, 0.2) is 0 Å². The maximum absolute atomic E-state index is 12.2. The van der Waals surface area contributed by atoms with Gasteiger partial charge in [-0.25, -0.2) is 4.79 Å². The minimum atomic E-state index is -0.522. The lowest BCUT2D eigenvalue weighted by molar-refractivity contribution is 0.0408. The summed E-state index contributed by atoms with van der Waals surface area (Å²) in [5.74, 6) is 1.23. The molecule has 0 aliphatic rings. The molecule has 0 unspecified atom stereocenters. The third-order valence-electron chi connectivity index (χ3n) is 3.34. The molecule has 1 amide bonds. The number of benzene rings is 1. The molecule has 4 nitrogen and oxygen atoms in total. The highest BCUT2D eigenvalue weighted by Crippen LogP contribution is 2.25. The maximum atomic E-state index is 12.2. The Morgan fingerprint density at radius 2 is 1.88 bits per heavy atom. The zero-order valence-corrected chi connectivity index (χ0v) is 17.4. The number of carbonyl (C=O) groups is 1. The van der Waals surface area contributed by atoms with E-state index in [1.54, 1.807) is 0 Å². The smallest absolute Gasteiger partial charge is 0.408 e. The van der Waals surface area contributed by atoms with E-state index in [-0.39, 0.29) is 0 Å². The molecule has 1 aromatic rings. The lowest BCUT2D eigenvalue weighted by Gasteiger charge is -2.33. The minimum Gasteiger partial charge on any atom is -0.491 e. The normalized spacial score (nSPS) is 14.2. The van der Waals surface area contributed by atoms with Gasteiger partial charge in [0, 0.05) is 4.47 Å². The highest BCUT2D eigenvalue weighted by molar-refractivity contribution is 9.10. The van der Waals surface area contributed by atoms with Crippen LogP contribution in [0.5, 0.6) is 5.75 Å². The number of nitrogens with one attached hydrogen (secondary N) is 1. The number of hydrogen-bond acceptors (Lipinski definition) is 3. The number of alkyl carbamates (subject to hydrolysis) is 1. The molecule has 0 aromatic heterocycles. The molecule has 1 rings (SSSR count). The van der Waals surface area contributed by atoms with Crippen molar-refractivity contribution in [2.45, 2.75) is 66.0 Å². The Hall–Kier alpha value is -1.23. The van der Waals surface area contributed by atoms with Gasteiger partial charge in [-0.1, -0.05) is 29.8 Å². The number of halogens is 1. The summed E-state index contributed by atoms with van der Waals surface area (Å²) >= 11 is 3.45. The molecule has 0 saturated carbocycles. The van der Waals surface area contributed by atoms with Gasteiger partial charge in [0.25, 0.3) is 0 Å². The monoisotopic (exact) mass is 399 g/mol. The zero-order valence-electron chi connectivity index (χ0n) is 15.8. The second-order valence-electron chi connectivity index (χ2n) is 7.98. The van der Waals surface area contributed by atoms with E-state index in [4.69, 9.17) is 9.47 Å². The summed E-state index contributed by atoms with van der Waals surface area (Å²) in [6.45, 7) is 14.2. The molecule has 24 heavy (non-hydrogen) atoms. The lowest BCUT2D eigenvalue weighted by Crippen LogP contribution is -2.52. The maximum Gasteiger partial charge on any atom is 0.408 e. The van der Waals surface area contributed by atoms with E-state index in [9.17, 15) is 4.79 Å². The molecule has 0 fully saturated rings. The molecule has 5 heteroatoms. The average molecular weight is 400 g/mol.